The van der Waals surface area contributed by atoms with Crippen LogP contribution in [-0.4, -0.2) is 100 Å². The van der Waals surface area contributed by atoms with Gasteiger partial charge in [-0.05, 0) is 85.0 Å². The molecule has 0 spiro atoms. The lowest BCUT2D eigenvalue weighted by Crippen LogP contribution is -2.46. The first-order valence-electron chi connectivity index (χ1n) is 21.3. The fourth-order valence-electron chi connectivity index (χ4n) is 9.47. The van der Waals surface area contributed by atoms with E-state index in [0.29, 0.717) is 36.2 Å². The summed E-state index contributed by atoms with van der Waals surface area (Å²) in [6.45, 7) is 6.82. The molecule has 1 atom stereocenters. The van der Waals surface area contributed by atoms with Gasteiger partial charge in [0, 0.05) is 89.6 Å². The highest BCUT2D eigenvalue weighted by Gasteiger charge is 2.29. The summed E-state index contributed by atoms with van der Waals surface area (Å²) in [5.74, 6) is 1.07. The average Bonchev–Trinajstić information content (AvgIpc) is 3.93. The molecule has 3 amide bonds. The third-order valence-corrected chi connectivity index (χ3v) is 12.9. The van der Waals surface area contributed by atoms with E-state index < -0.39 is 0 Å². The van der Waals surface area contributed by atoms with Gasteiger partial charge in [0.15, 0.2) is 0 Å². The molecule has 13 nitrogen and oxygen atoms in total. The number of imide groups is 1. The summed E-state index contributed by atoms with van der Waals surface area (Å²) >= 11 is 0. The maximum atomic E-state index is 13.1. The van der Waals surface area contributed by atoms with Crippen molar-refractivity contribution in [2.75, 3.05) is 68.5 Å². The zero-order chi connectivity index (χ0) is 40.5. The van der Waals surface area contributed by atoms with Gasteiger partial charge in [-0.3, -0.25) is 24.6 Å². The van der Waals surface area contributed by atoms with E-state index in [4.69, 9.17) is 9.97 Å². The first-order chi connectivity index (χ1) is 28.8. The molecule has 4 fully saturated rings. The first-order valence-corrected chi connectivity index (χ1v) is 21.3. The molecule has 2 aromatic carbocycles. The van der Waals surface area contributed by atoms with Crippen molar-refractivity contribution in [1.29, 1.82) is 0 Å². The molecule has 13 heteroatoms. The minimum absolute atomic E-state index is 0.0174. The van der Waals surface area contributed by atoms with E-state index in [1.807, 2.05) is 18.3 Å². The topological polar surface area (TPSA) is 132 Å². The summed E-state index contributed by atoms with van der Waals surface area (Å²) in [7, 11) is 3.58. The molecule has 1 saturated carbocycles. The van der Waals surface area contributed by atoms with Crippen molar-refractivity contribution in [1.82, 2.24) is 34.6 Å². The molecule has 3 aliphatic heterocycles. The normalized spacial score (nSPS) is 19.7. The minimum atomic E-state index is -0.231. The zero-order valence-corrected chi connectivity index (χ0v) is 34.1. The lowest BCUT2D eigenvalue weighted by molar-refractivity contribution is -0.134. The van der Waals surface area contributed by atoms with Gasteiger partial charge in [0.1, 0.15) is 17.2 Å². The number of anilines is 4. The Morgan fingerprint density at radius 3 is 2.15 bits per heavy atom. The number of pyridine rings is 1. The number of fused-ring (bicyclic) bond motifs is 1. The summed E-state index contributed by atoms with van der Waals surface area (Å²) in [5.41, 5.74) is 7.51. The quantitative estimate of drug-likeness (QED) is 0.149. The molecule has 3 saturated heterocycles. The van der Waals surface area contributed by atoms with Crippen LogP contribution in [0.25, 0.3) is 11.0 Å². The van der Waals surface area contributed by atoms with E-state index in [-0.39, 0.29) is 29.7 Å². The van der Waals surface area contributed by atoms with E-state index in [0.717, 1.165) is 107 Å². The summed E-state index contributed by atoms with van der Waals surface area (Å²) < 4.78 is 2.13. The van der Waals surface area contributed by atoms with Crippen LogP contribution in [0.15, 0.2) is 79.1 Å². The Kier molecular flexibility index (Phi) is 11.0. The summed E-state index contributed by atoms with van der Waals surface area (Å²) in [5, 5.41) is 6.64. The van der Waals surface area contributed by atoms with E-state index in [2.05, 4.69) is 89.5 Å². The largest absolute Gasteiger partial charge is 0.371 e. The maximum absolute atomic E-state index is 13.1. The fourth-order valence-corrected chi connectivity index (χ4v) is 9.47. The minimum Gasteiger partial charge on any atom is -0.371 e. The van der Waals surface area contributed by atoms with Gasteiger partial charge in [-0.1, -0.05) is 49.2 Å². The Labute approximate surface area is 345 Å². The Morgan fingerprint density at radius 1 is 0.780 bits per heavy atom. The van der Waals surface area contributed by atoms with Crippen LogP contribution < -0.4 is 20.4 Å². The van der Waals surface area contributed by atoms with Gasteiger partial charge < -0.3 is 24.6 Å². The van der Waals surface area contributed by atoms with Crippen LogP contribution >= 0.6 is 0 Å². The van der Waals surface area contributed by atoms with Gasteiger partial charge in [0.2, 0.25) is 17.8 Å². The second-order valence-electron chi connectivity index (χ2n) is 16.9. The van der Waals surface area contributed by atoms with Gasteiger partial charge in [-0.25, -0.2) is 9.97 Å². The third-order valence-electron chi connectivity index (χ3n) is 12.9. The van der Waals surface area contributed by atoms with Crippen molar-refractivity contribution in [2.24, 2.45) is 0 Å². The number of benzene rings is 2. The molecule has 5 aromatic rings. The second kappa shape index (κ2) is 16.8. The van der Waals surface area contributed by atoms with Crippen molar-refractivity contribution in [2.45, 2.75) is 75.8 Å². The maximum Gasteiger partial charge on any atom is 0.270 e. The Morgan fingerprint density at radius 2 is 1.47 bits per heavy atom. The molecule has 59 heavy (non-hydrogen) atoms. The van der Waals surface area contributed by atoms with Crippen LogP contribution in [-0.2, 0) is 16.1 Å². The van der Waals surface area contributed by atoms with Crippen LogP contribution in [0, 0.1) is 0 Å². The highest BCUT2D eigenvalue weighted by Crippen LogP contribution is 2.36. The van der Waals surface area contributed by atoms with Crippen LogP contribution in [0.5, 0.6) is 0 Å². The van der Waals surface area contributed by atoms with Crippen molar-refractivity contribution in [3.63, 3.8) is 0 Å². The number of piperidine rings is 2. The number of hydrogen-bond donors (Lipinski definition) is 2. The third kappa shape index (κ3) is 8.38. The molecule has 6 heterocycles. The number of rotatable bonds is 10. The molecule has 0 bridgehead atoms. The number of aromatic nitrogens is 4. The summed E-state index contributed by atoms with van der Waals surface area (Å²) in [6, 6.07) is 23.9. The number of carbonyl (C=O) groups is 3. The van der Waals surface area contributed by atoms with Crippen LogP contribution in [0.1, 0.15) is 96.4 Å². The van der Waals surface area contributed by atoms with Crippen LogP contribution in [0.2, 0.25) is 0 Å². The molecule has 1 aliphatic carbocycles. The Hall–Kier alpha value is -5.82. The van der Waals surface area contributed by atoms with Gasteiger partial charge >= 0.3 is 0 Å². The van der Waals surface area contributed by atoms with E-state index in [9.17, 15) is 14.4 Å². The molecule has 306 valence electrons. The van der Waals surface area contributed by atoms with E-state index in [1.54, 1.807) is 25.2 Å². The molecule has 4 aliphatic rings. The van der Waals surface area contributed by atoms with Crippen molar-refractivity contribution in [3.05, 3.63) is 102 Å². The van der Waals surface area contributed by atoms with Gasteiger partial charge in [-0.15, -0.1) is 0 Å². The second-order valence-corrected chi connectivity index (χ2v) is 16.9. The fraction of sp³-hybridized carbons (Fsp3) is 0.435. The highest BCUT2D eigenvalue weighted by atomic mass is 16.2. The van der Waals surface area contributed by atoms with Crippen LogP contribution in [0.3, 0.4) is 0 Å². The molecular weight excluding hydrogens is 741 g/mol. The molecule has 3 aromatic heterocycles. The number of amides is 3. The molecule has 0 radical (unpaired) electrons. The molecule has 2 N–H and O–H groups in total. The average molecular weight is 795 g/mol. The smallest absolute Gasteiger partial charge is 0.270 e. The standard InChI is InChI=1S/C46H54N10O3/c1-52(2)45(59)40-27-35-28-48-46(51-43(35)56(40)37-5-3-4-6-37)49-41-17-15-38(29-47-41)55-25-23-53(24-26-55)30-31-7-13-36(14-8-31)54-21-19-33(20-22-54)32-9-11-34(12-10-32)39-16-18-42(57)50-44(39)58/h7-15,17,27-29,33,37,39H,3-6,16,18-26,30H2,1-2H3,(H,50,57,58)(H,47,48,49,51). The highest BCUT2D eigenvalue weighted by molar-refractivity contribution is 6.01. The van der Waals surface area contributed by atoms with Crippen molar-refractivity contribution in [3.8, 4) is 0 Å². The zero-order valence-electron chi connectivity index (χ0n) is 34.1. The van der Waals surface area contributed by atoms with Gasteiger partial charge in [0.25, 0.3) is 5.91 Å². The van der Waals surface area contributed by atoms with Crippen molar-refractivity contribution >= 4 is 51.9 Å². The number of hydrogen-bond acceptors (Lipinski definition) is 10. The predicted octanol–water partition coefficient (Wildman–Crippen LogP) is 6.61. The summed E-state index contributed by atoms with van der Waals surface area (Å²) in [6.07, 6.45) is 11.3. The Balaban J connectivity index is 0.743. The van der Waals surface area contributed by atoms with Gasteiger partial charge in [0.05, 0.1) is 17.8 Å². The lowest BCUT2D eigenvalue weighted by Gasteiger charge is -2.36. The van der Waals surface area contributed by atoms with Gasteiger partial charge in [-0.2, -0.15) is 4.98 Å². The number of nitrogens with one attached hydrogen (secondary N) is 2. The number of nitrogens with zero attached hydrogens (tertiary/aromatic N) is 8. The SMILES string of the molecule is CN(C)C(=O)c1cc2cnc(Nc3ccc(N4CCN(Cc5ccc(N6CCC(c7ccc(C8CCC(=O)NC8=O)cc7)CC6)cc5)CC4)cn3)nc2n1C1CCCC1. The summed E-state index contributed by atoms with van der Waals surface area (Å²) in [4.78, 5) is 60.2. The molecule has 1 unspecified atom stereocenters. The predicted molar refractivity (Wildman–Crippen MR) is 230 cm³/mol. The number of carbonyl (C=O) groups excluding carboxylic acids is 3. The monoisotopic (exact) mass is 794 g/mol. The Bertz CT molecular complexity index is 2280. The molecule has 9 rings (SSSR count). The lowest BCUT2D eigenvalue weighted by atomic mass is 9.86. The number of piperazine rings is 1. The molecular formula is C46H54N10O3. The van der Waals surface area contributed by atoms with Crippen LogP contribution in [0.4, 0.5) is 23.1 Å². The van der Waals surface area contributed by atoms with Crippen molar-refractivity contribution < 1.29 is 14.4 Å². The van der Waals surface area contributed by atoms with E-state index in [1.165, 1.54) is 16.8 Å². The first kappa shape index (κ1) is 38.7. The van der Waals surface area contributed by atoms with E-state index >= 15 is 0 Å².